The third-order valence-electron chi connectivity index (χ3n) is 10.8. The van der Waals surface area contributed by atoms with Gasteiger partial charge in [0.05, 0.1) is 0 Å². The first-order valence-electron chi connectivity index (χ1n) is 13.8. The Balaban J connectivity index is 1.36. The van der Waals surface area contributed by atoms with Crippen LogP contribution in [0, 0.1) is 46.3 Å². The quantitative estimate of drug-likeness (QED) is 0.421. The summed E-state index contributed by atoms with van der Waals surface area (Å²) in [6.45, 7) is 10.3. The normalized spacial score (nSPS) is 39.8. The monoisotopic (exact) mass is 473 g/mol. The molecule has 0 bridgehead atoms. The SMILES string of the molecule is C[C@H](CCC[C@H](C)C(=O)SCCN)[C@H]1CC[C@H]2[C@@H]3CCC4=CC(=O)CC[C@]4(C)[C@H]3CC[C@]12C. The Bertz CT molecular complexity index is 778. The van der Waals surface area contributed by atoms with Crippen LogP contribution in [0.15, 0.2) is 11.6 Å². The fraction of sp³-hybridized carbons (Fsp3) is 0.862. The lowest BCUT2D eigenvalue weighted by molar-refractivity contribution is -0.117. The Labute approximate surface area is 206 Å². The summed E-state index contributed by atoms with van der Waals surface area (Å²) in [5.41, 5.74) is 7.81. The number of hydrogen-bond acceptors (Lipinski definition) is 4. The maximum Gasteiger partial charge on any atom is 0.191 e. The molecule has 0 heterocycles. The molecule has 4 rings (SSSR count). The molecule has 0 spiro atoms. The topological polar surface area (TPSA) is 60.2 Å². The predicted molar refractivity (Wildman–Crippen MR) is 139 cm³/mol. The molecule has 0 aromatic heterocycles. The van der Waals surface area contributed by atoms with Gasteiger partial charge >= 0.3 is 0 Å². The lowest BCUT2D eigenvalue weighted by atomic mass is 9.46. The van der Waals surface area contributed by atoms with Crippen LogP contribution >= 0.6 is 11.8 Å². The first-order chi connectivity index (χ1) is 15.7. The van der Waals surface area contributed by atoms with Crippen LogP contribution in [0.5, 0.6) is 0 Å². The minimum absolute atomic E-state index is 0.156. The number of carbonyl (C=O) groups is 2. The number of carbonyl (C=O) groups excluding carboxylic acids is 2. The smallest absolute Gasteiger partial charge is 0.191 e. The van der Waals surface area contributed by atoms with Gasteiger partial charge in [0.2, 0.25) is 0 Å². The van der Waals surface area contributed by atoms with E-state index in [2.05, 4.69) is 27.7 Å². The van der Waals surface area contributed by atoms with Crippen LogP contribution < -0.4 is 5.73 Å². The fourth-order valence-electron chi connectivity index (χ4n) is 8.90. The third-order valence-corrected chi connectivity index (χ3v) is 11.9. The van der Waals surface area contributed by atoms with E-state index in [0.29, 0.717) is 22.9 Å². The number of thioether (sulfide) groups is 1. The average molecular weight is 474 g/mol. The second kappa shape index (κ2) is 10.2. The van der Waals surface area contributed by atoms with Crippen LogP contribution in [0.2, 0.25) is 0 Å². The summed E-state index contributed by atoms with van der Waals surface area (Å²) in [4.78, 5) is 24.3. The Morgan fingerprint density at radius 3 is 2.64 bits per heavy atom. The molecular weight excluding hydrogens is 426 g/mol. The summed E-state index contributed by atoms with van der Waals surface area (Å²) in [5, 5.41) is 0.322. The van der Waals surface area contributed by atoms with E-state index < -0.39 is 0 Å². The van der Waals surface area contributed by atoms with Crippen molar-refractivity contribution < 1.29 is 9.59 Å². The van der Waals surface area contributed by atoms with Gasteiger partial charge in [-0.1, -0.05) is 57.9 Å². The van der Waals surface area contributed by atoms with Gasteiger partial charge in [-0.3, -0.25) is 9.59 Å². The molecule has 0 aromatic carbocycles. The molecule has 4 aliphatic rings. The Kier molecular flexibility index (Phi) is 7.85. The van der Waals surface area contributed by atoms with E-state index >= 15 is 0 Å². The minimum atomic E-state index is 0.156. The van der Waals surface area contributed by atoms with E-state index in [1.165, 1.54) is 62.3 Å². The first-order valence-corrected chi connectivity index (χ1v) is 14.8. The van der Waals surface area contributed by atoms with Gasteiger partial charge in [-0.05, 0) is 97.9 Å². The summed E-state index contributed by atoms with van der Waals surface area (Å²) in [6, 6.07) is 0. The van der Waals surface area contributed by atoms with Gasteiger partial charge in [0.25, 0.3) is 0 Å². The Morgan fingerprint density at radius 1 is 1.09 bits per heavy atom. The number of ketones is 1. The van der Waals surface area contributed by atoms with Crippen LogP contribution in [0.3, 0.4) is 0 Å². The summed E-state index contributed by atoms with van der Waals surface area (Å²) in [7, 11) is 0. The maximum absolute atomic E-state index is 12.2. The second-order valence-electron chi connectivity index (χ2n) is 12.5. The number of fused-ring (bicyclic) bond motifs is 5. The van der Waals surface area contributed by atoms with Crippen molar-refractivity contribution in [3.8, 4) is 0 Å². The van der Waals surface area contributed by atoms with Crippen molar-refractivity contribution in [2.75, 3.05) is 12.3 Å². The molecule has 4 aliphatic carbocycles. The van der Waals surface area contributed by atoms with Crippen molar-refractivity contribution >= 4 is 22.7 Å². The molecule has 0 aromatic rings. The molecule has 4 heteroatoms. The molecule has 186 valence electrons. The molecule has 0 aliphatic heterocycles. The van der Waals surface area contributed by atoms with Crippen molar-refractivity contribution in [2.24, 2.45) is 52.1 Å². The van der Waals surface area contributed by atoms with E-state index in [1.807, 2.05) is 6.08 Å². The zero-order valence-electron chi connectivity index (χ0n) is 21.5. The number of nitrogens with two attached hydrogens (primary N) is 1. The number of hydrogen-bond donors (Lipinski definition) is 1. The molecule has 3 fully saturated rings. The van der Waals surface area contributed by atoms with Gasteiger partial charge in [-0.25, -0.2) is 0 Å². The largest absolute Gasteiger partial charge is 0.330 e. The molecule has 0 saturated heterocycles. The van der Waals surface area contributed by atoms with Crippen LogP contribution in [0.4, 0.5) is 0 Å². The standard InChI is InChI=1S/C29H47NO2S/c1-19(6-5-7-20(2)27(32)33-17-16-30)24-10-11-25-23-9-8-21-18-22(31)12-14-28(21,3)26(23)13-15-29(24,25)4/h18-20,23-26H,5-17,30H2,1-4H3/t19-,20+,23+,24-,25+,26+,28+,29-/m1/s1. The molecule has 8 atom stereocenters. The van der Waals surface area contributed by atoms with Crippen molar-refractivity contribution in [2.45, 2.75) is 98.3 Å². The van der Waals surface area contributed by atoms with Gasteiger partial charge in [-0.2, -0.15) is 0 Å². The molecule has 0 amide bonds. The van der Waals surface area contributed by atoms with Crippen LogP contribution in [0.25, 0.3) is 0 Å². The molecule has 0 radical (unpaired) electrons. The predicted octanol–water partition coefficient (Wildman–Crippen LogP) is 6.80. The summed E-state index contributed by atoms with van der Waals surface area (Å²) in [5.74, 6) is 5.36. The van der Waals surface area contributed by atoms with Gasteiger partial charge in [-0.15, -0.1) is 0 Å². The zero-order chi connectivity index (χ0) is 23.8. The molecule has 0 unspecified atom stereocenters. The Hall–Kier alpha value is -0.610. The third kappa shape index (κ3) is 4.77. The fourth-order valence-corrected chi connectivity index (χ4v) is 9.62. The highest BCUT2D eigenvalue weighted by Gasteiger charge is 2.59. The van der Waals surface area contributed by atoms with Crippen molar-refractivity contribution in [3.05, 3.63) is 11.6 Å². The van der Waals surface area contributed by atoms with E-state index in [1.54, 1.807) is 0 Å². The van der Waals surface area contributed by atoms with E-state index in [9.17, 15) is 9.59 Å². The van der Waals surface area contributed by atoms with E-state index in [4.69, 9.17) is 5.73 Å². The van der Waals surface area contributed by atoms with Crippen LogP contribution in [-0.2, 0) is 9.59 Å². The van der Waals surface area contributed by atoms with E-state index in [0.717, 1.165) is 61.0 Å². The minimum Gasteiger partial charge on any atom is -0.330 e. The van der Waals surface area contributed by atoms with Crippen LogP contribution in [0.1, 0.15) is 98.3 Å². The summed E-state index contributed by atoms with van der Waals surface area (Å²) in [6.07, 6.45) is 15.3. The summed E-state index contributed by atoms with van der Waals surface area (Å²) >= 11 is 1.41. The molecule has 2 N–H and O–H groups in total. The maximum atomic E-state index is 12.2. The van der Waals surface area contributed by atoms with Gasteiger partial charge < -0.3 is 5.73 Å². The highest BCUT2D eigenvalue weighted by Crippen LogP contribution is 2.67. The van der Waals surface area contributed by atoms with Crippen molar-refractivity contribution in [1.82, 2.24) is 0 Å². The lowest BCUT2D eigenvalue weighted by Gasteiger charge is -2.58. The van der Waals surface area contributed by atoms with Gasteiger partial charge in [0.15, 0.2) is 10.9 Å². The highest BCUT2D eigenvalue weighted by atomic mass is 32.2. The van der Waals surface area contributed by atoms with Crippen molar-refractivity contribution in [1.29, 1.82) is 0 Å². The van der Waals surface area contributed by atoms with Crippen LogP contribution in [-0.4, -0.2) is 23.2 Å². The average Bonchev–Trinajstić information content (AvgIpc) is 3.15. The lowest BCUT2D eigenvalue weighted by Crippen LogP contribution is -2.50. The highest BCUT2D eigenvalue weighted by molar-refractivity contribution is 8.13. The first kappa shape index (κ1) is 25.5. The van der Waals surface area contributed by atoms with Crippen molar-refractivity contribution in [3.63, 3.8) is 0 Å². The number of rotatable bonds is 8. The molecule has 33 heavy (non-hydrogen) atoms. The number of allylic oxidation sites excluding steroid dienone is 1. The van der Waals surface area contributed by atoms with Gasteiger partial charge in [0, 0.05) is 24.6 Å². The molecule has 3 nitrogen and oxygen atoms in total. The molecule has 3 saturated carbocycles. The zero-order valence-corrected chi connectivity index (χ0v) is 22.4. The summed E-state index contributed by atoms with van der Waals surface area (Å²) < 4.78 is 0. The second-order valence-corrected chi connectivity index (χ2v) is 13.6. The molecular formula is C29H47NO2S. The van der Waals surface area contributed by atoms with E-state index in [-0.39, 0.29) is 11.3 Å². The van der Waals surface area contributed by atoms with Gasteiger partial charge in [0.1, 0.15) is 0 Å². The Morgan fingerprint density at radius 2 is 1.88 bits per heavy atom.